The minimum atomic E-state index is -0.810. The Morgan fingerprint density at radius 3 is 2.21 bits per heavy atom. The largest absolute Gasteiger partial charge is 0.303 e. The Labute approximate surface area is 159 Å². The molecule has 7 heteroatoms. The molecule has 0 saturated heterocycles. The molecule has 0 spiro atoms. The Balaban J connectivity index is 1.78. The van der Waals surface area contributed by atoms with Gasteiger partial charge in [-0.25, -0.2) is 8.78 Å². The van der Waals surface area contributed by atoms with Gasteiger partial charge in [0.15, 0.2) is 11.6 Å². The lowest BCUT2D eigenvalue weighted by atomic mass is 10.1. The van der Waals surface area contributed by atoms with E-state index in [4.69, 9.17) is 0 Å². The summed E-state index contributed by atoms with van der Waals surface area (Å²) >= 11 is 0. The molecular formula is C21H14F2N4O. The van der Waals surface area contributed by atoms with Crippen molar-refractivity contribution in [2.75, 3.05) is 5.32 Å². The number of hydrogen-bond acceptors (Lipinski definition) is 3. The van der Waals surface area contributed by atoms with Gasteiger partial charge in [-0.1, -0.05) is 48.5 Å². The van der Waals surface area contributed by atoms with Crippen LogP contribution in [-0.2, 0) is 0 Å². The lowest BCUT2D eigenvalue weighted by Crippen LogP contribution is -2.13. The number of halogens is 2. The number of carbonyl (C=O) groups excluding carboxylic acids is 1. The average molecular weight is 376 g/mol. The van der Waals surface area contributed by atoms with Crippen molar-refractivity contribution in [3.05, 3.63) is 96.1 Å². The van der Waals surface area contributed by atoms with Gasteiger partial charge >= 0.3 is 0 Å². The number of hydrogen-bond donors (Lipinski definition) is 1. The number of rotatable bonds is 4. The van der Waals surface area contributed by atoms with Crippen LogP contribution < -0.4 is 5.32 Å². The molecular weight excluding hydrogens is 362 g/mol. The Morgan fingerprint density at radius 1 is 0.857 bits per heavy atom. The highest BCUT2D eigenvalue weighted by molar-refractivity contribution is 6.05. The van der Waals surface area contributed by atoms with E-state index in [0.717, 1.165) is 16.9 Å². The second kappa shape index (κ2) is 7.40. The van der Waals surface area contributed by atoms with Crippen LogP contribution in [0.3, 0.4) is 0 Å². The molecule has 0 aliphatic heterocycles. The van der Waals surface area contributed by atoms with Crippen molar-refractivity contribution in [2.24, 2.45) is 0 Å². The predicted molar refractivity (Wildman–Crippen MR) is 101 cm³/mol. The molecule has 5 nitrogen and oxygen atoms in total. The third-order valence-electron chi connectivity index (χ3n) is 4.05. The van der Waals surface area contributed by atoms with Crippen LogP contribution in [0.1, 0.15) is 10.4 Å². The molecule has 0 aliphatic carbocycles. The van der Waals surface area contributed by atoms with Crippen molar-refractivity contribution < 1.29 is 13.6 Å². The van der Waals surface area contributed by atoms with Gasteiger partial charge in [-0.2, -0.15) is 0 Å². The summed E-state index contributed by atoms with van der Waals surface area (Å²) in [5.41, 5.74) is 1.48. The number of nitrogens with one attached hydrogen (secondary N) is 1. The third kappa shape index (κ3) is 3.50. The number of amides is 1. The van der Waals surface area contributed by atoms with Crippen molar-refractivity contribution in [3.8, 4) is 16.9 Å². The minimum absolute atomic E-state index is 0.0289. The van der Waals surface area contributed by atoms with E-state index in [1.165, 1.54) is 6.07 Å². The molecule has 4 rings (SSSR count). The van der Waals surface area contributed by atoms with Gasteiger partial charge in [-0.15, -0.1) is 15.0 Å². The Kier molecular flexibility index (Phi) is 4.63. The minimum Gasteiger partial charge on any atom is -0.303 e. The molecule has 28 heavy (non-hydrogen) atoms. The van der Waals surface area contributed by atoms with Crippen molar-refractivity contribution in [2.45, 2.75) is 0 Å². The van der Waals surface area contributed by atoms with Crippen molar-refractivity contribution in [1.82, 2.24) is 15.0 Å². The van der Waals surface area contributed by atoms with E-state index < -0.39 is 11.6 Å². The fourth-order valence-electron chi connectivity index (χ4n) is 2.70. The fourth-order valence-corrected chi connectivity index (χ4v) is 2.70. The molecule has 0 atom stereocenters. The van der Waals surface area contributed by atoms with E-state index in [9.17, 15) is 13.6 Å². The first kappa shape index (κ1) is 17.5. The van der Waals surface area contributed by atoms with Crippen LogP contribution in [-0.4, -0.2) is 20.9 Å². The standard InChI is InChI=1S/C21H14F2N4O/c22-16-11-12-18(17(23)13-16)27-25-19(14-7-3-1-4-8-14)20(26-27)24-21(28)15-9-5-2-6-10-15/h1-13H,(H,24,26,28). The van der Waals surface area contributed by atoms with Gasteiger partial charge in [0.05, 0.1) is 0 Å². The SMILES string of the molecule is O=C(Nc1nn(-c2ccc(F)cc2F)nc1-c1ccccc1)c1ccccc1. The predicted octanol–water partition coefficient (Wildman–Crippen LogP) is 4.46. The van der Waals surface area contributed by atoms with Gasteiger partial charge in [0, 0.05) is 17.2 Å². The summed E-state index contributed by atoms with van der Waals surface area (Å²) in [5.74, 6) is -1.71. The Morgan fingerprint density at radius 2 is 1.54 bits per heavy atom. The van der Waals surface area contributed by atoms with Gasteiger partial charge in [0.2, 0.25) is 0 Å². The zero-order valence-corrected chi connectivity index (χ0v) is 14.5. The quantitative estimate of drug-likeness (QED) is 0.572. The number of carbonyl (C=O) groups is 1. The molecule has 4 aromatic rings. The van der Waals surface area contributed by atoms with E-state index in [0.29, 0.717) is 16.8 Å². The second-order valence-corrected chi connectivity index (χ2v) is 5.97. The Bertz CT molecular complexity index is 1130. The zero-order chi connectivity index (χ0) is 19.5. The molecule has 0 radical (unpaired) electrons. The summed E-state index contributed by atoms with van der Waals surface area (Å²) < 4.78 is 27.4. The van der Waals surface area contributed by atoms with Gasteiger partial charge in [0.25, 0.3) is 5.91 Å². The molecule has 138 valence electrons. The lowest BCUT2D eigenvalue weighted by molar-refractivity contribution is 0.102. The van der Waals surface area contributed by atoms with Crippen molar-refractivity contribution >= 4 is 11.7 Å². The maximum atomic E-state index is 14.2. The van der Waals surface area contributed by atoms with E-state index in [1.807, 2.05) is 18.2 Å². The number of anilines is 1. The van der Waals surface area contributed by atoms with E-state index in [2.05, 4.69) is 15.5 Å². The van der Waals surface area contributed by atoms with Crippen molar-refractivity contribution in [3.63, 3.8) is 0 Å². The maximum Gasteiger partial charge on any atom is 0.256 e. The number of benzene rings is 3. The monoisotopic (exact) mass is 376 g/mol. The Hall–Kier alpha value is -3.87. The molecule has 1 amide bonds. The third-order valence-corrected chi connectivity index (χ3v) is 4.05. The van der Waals surface area contributed by atoms with Crippen LogP contribution >= 0.6 is 0 Å². The molecule has 0 unspecified atom stereocenters. The number of nitrogens with zero attached hydrogens (tertiary/aromatic N) is 3. The summed E-state index contributed by atoms with van der Waals surface area (Å²) in [5, 5.41) is 11.3. The van der Waals surface area contributed by atoms with Crippen LogP contribution in [0.25, 0.3) is 16.9 Å². The van der Waals surface area contributed by atoms with Gasteiger partial charge < -0.3 is 5.32 Å². The molecule has 0 fully saturated rings. The molecule has 1 heterocycles. The highest BCUT2D eigenvalue weighted by Crippen LogP contribution is 2.26. The zero-order valence-electron chi connectivity index (χ0n) is 14.5. The van der Waals surface area contributed by atoms with Crippen LogP contribution in [0.4, 0.5) is 14.6 Å². The topological polar surface area (TPSA) is 59.8 Å². The van der Waals surface area contributed by atoms with Gasteiger partial charge in [-0.3, -0.25) is 4.79 Å². The van der Waals surface area contributed by atoms with E-state index in [-0.39, 0.29) is 17.4 Å². The molecule has 0 saturated carbocycles. The summed E-state index contributed by atoms with van der Waals surface area (Å²) in [6, 6.07) is 20.8. The normalized spacial score (nSPS) is 10.6. The highest BCUT2D eigenvalue weighted by atomic mass is 19.1. The second-order valence-electron chi connectivity index (χ2n) is 5.97. The van der Waals surface area contributed by atoms with Gasteiger partial charge in [0.1, 0.15) is 17.2 Å². The van der Waals surface area contributed by atoms with E-state index >= 15 is 0 Å². The maximum absolute atomic E-state index is 14.2. The summed E-state index contributed by atoms with van der Waals surface area (Å²) in [6.45, 7) is 0. The van der Waals surface area contributed by atoms with Crippen LogP contribution in [0, 0.1) is 11.6 Å². The average Bonchev–Trinajstić information content (AvgIpc) is 3.12. The molecule has 1 N–H and O–H groups in total. The van der Waals surface area contributed by atoms with E-state index in [1.54, 1.807) is 42.5 Å². The first-order valence-electron chi connectivity index (χ1n) is 8.46. The first-order chi connectivity index (χ1) is 13.6. The van der Waals surface area contributed by atoms with Crippen LogP contribution in [0.15, 0.2) is 78.9 Å². The molecule has 1 aromatic heterocycles. The first-order valence-corrected chi connectivity index (χ1v) is 8.46. The van der Waals surface area contributed by atoms with Crippen molar-refractivity contribution in [1.29, 1.82) is 0 Å². The summed E-state index contributed by atoms with van der Waals surface area (Å²) in [6.07, 6.45) is 0. The van der Waals surface area contributed by atoms with Gasteiger partial charge in [-0.05, 0) is 24.3 Å². The fraction of sp³-hybridized carbons (Fsp3) is 0. The lowest BCUT2D eigenvalue weighted by Gasteiger charge is -2.04. The summed E-state index contributed by atoms with van der Waals surface area (Å²) in [4.78, 5) is 13.6. The van der Waals surface area contributed by atoms with Crippen LogP contribution in [0.5, 0.6) is 0 Å². The van der Waals surface area contributed by atoms with Crippen LogP contribution in [0.2, 0.25) is 0 Å². The molecule has 0 aliphatic rings. The molecule has 3 aromatic carbocycles. The molecule has 0 bridgehead atoms. The smallest absolute Gasteiger partial charge is 0.256 e. The highest BCUT2D eigenvalue weighted by Gasteiger charge is 2.19. The number of aromatic nitrogens is 3. The summed E-state index contributed by atoms with van der Waals surface area (Å²) in [7, 11) is 0.